The van der Waals surface area contributed by atoms with Crippen molar-refractivity contribution in [3.63, 3.8) is 0 Å². The zero-order chi connectivity index (χ0) is 48.3. The van der Waals surface area contributed by atoms with Crippen molar-refractivity contribution < 1.29 is 58.1 Å². The fourth-order valence-corrected chi connectivity index (χ4v) is 10.5. The maximum absolute atomic E-state index is 14.2. The average molecular weight is 1050 g/mol. The van der Waals surface area contributed by atoms with Crippen LogP contribution in [0.1, 0.15) is 47.3 Å². The molecule has 23 heteroatoms. The first kappa shape index (κ1) is 48.0. The maximum atomic E-state index is 14.2. The molecule has 4 aromatic carbocycles. The lowest BCUT2D eigenvalue weighted by Crippen LogP contribution is -2.74. The lowest BCUT2D eigenvalue weighted by Gasteiger charge is -2.53. The molecule has 7 rings (SSSR count). The number of thioether (sulfide) groups is 1. The molecule has 0 saturated carbocycles. The summed E-state index contributed by atoms with van der Waals surface area (Å²) < 4.78 is 15.4. The molecular formula is C44H39IN6O15S. The number of carbonyl (C=O) groups is 5. The number of nitro groups is 3. The monoisotopic (exact) mass is 1050 g/mol. The summed E-state index contributed by atoms with van der Waals surface area (Å²) in [6.07, 6.45) is -2.01. The predicted octanol–water partition coefficient (Wildman–Crippen LogP) is 6.59. The number of rotatable bonds is 16. The topological polar surface area (TPSA) is 281 Å². The summed E-state index contributed by atoms with van der Waals surface area (Å²) in [6.45, 7) is 2.40. The number of esters is 2. The highest BCUT2D eigenvalue weighted by Crippen LogP contribution is 2.57. The maximum Gasteiger partial charge on any atom is 0.410 e. The van der Waals surface area contributed by atoms with E-state index >= 15 is 0 Å². The number of aliphatic hydroxyl groups is 1. The molecule has 0 radical (unpaired) electrons. The van der Waals surface area contributed by atoms with E-state index in [1.165, 1.54) is 114 Å². The molecule has 3 heterocycles. The van der Waals surface area contributed by atoms with Gasteiger partial charge >= 0.3 is 18.0 Å². The molecule has 0 spiro atoms. The highest BCUT2D eigenvalue weighted by molar-refractivity contribution is 14.1. The van der Waals surface area contributed by atoms with E-state index in [4.69, 9.17) is 14.2 Å². The number of fused-ring (bicyclic) bond motifs is 1. The second kappa shape index (κ2) is 19.9. The number of nitrogens with zero attached hydrogens (tertiary/aromatic N) is 5. The van der Waals surface area contributed by atoms with Crippen LogP contribution in [0, 0.1) is 36.3 Å². The molecule has 3 amide bonds. The van der Waals surface area contributed by atoms with E-state index in [9.17, 15) is 59.4 Å². The molecule has 0 aliphatic carbocycles. The first-order valence-corrected chi connectivity index (χ1v) is 22.3. The highest BCUT2D eigenvalue weighted by atomic mass is 127. The normalized spacial score (nSPS) is 21.2. The molecule has 2 fully saturated rings. The summed E-state index contributed by atoms with van der Waals surface area (Å²) in [7, 11) is 0. The first-order valence-electron chi connectivity index (χ1n) is 20.4. The van der Waals surface area contributed by atoms with Crippen LogP contribution in [0.15, 0.2) is 108 Å². The summed E-state index contributed by atoms with van der Waals surface area (Å²) in [5.41, 5.74) is 1.08. The molecular weight excluding hydrogens is 1010 g/mol. The number of amides is 3. The Morgan fingerprint density at radius 2 is 1.30 bits per heavy atom. The van der Waals surface area contributed by atoms with E-state index in [1.54, 1.807) is 6.92 Å². The van der Waals surface area contributed by atoms with Crippen LogP contribution in [-0.4, -0.2) is 92.9 Å². The van der Waals surface area contributed by atoms with Gasteiger partial charge in [-0.15, -0.1) is 11.8 Å². The number of β-lactam (4-membered cyclic amide) rings is 1. The number of nitrogens with one attached hydrogen (secondary N) is 1. The van der Waals surface area contributed by atoms with Crippen molar-refractivity contribution >= 4 is 86.9 Å². The summed E-state index contributed by atoms with van der Waals surface area (Å²) in [4.78, 5) is 103. The summed E-state index contributed by atoms with van der Waals surface area (Å²) in [5, 5.41) is 46.3. The minimum Gasteiger partial charge on any atom is -0.457 e. The van der Waals surface area contributed by atoms with Crippen LogP contribution in [0.25, 0.3) is 0 Å². The molecule has 3 aliphatic rings. The smallest absolute Gasteiger partial charge is 0.410 e. The largest absolute Gasteiger partial charge is 0.457 e. The number of carbonyl (C=O) groups excluding carboxylic acids is 5. The Morgan fingerprint density at radius 3 is 1.79 bits per heavy atom. The second-order valence-corrected chi connectivity index (χ2v) is 18.9. The van der Waals surface area contributed by atoms with E-state index in [1.807, 2.05) is 22.6 Å². The molecule has 2 saturated heterocycles. The van der Waals surface area contributed by atoms with E-state index < -0.39 is 77.4 Å². The number of non-ortho nitro benzene ring substituents is 3. The first-order chi connectivity index (χ1) is 31.9. The van der Waals surface area contributed by atoms with Gasteiger partial charge in [-0.1, -0.05) is 35.6 Å². The molecule has 348 valence electrons. The van der Waals surface area contributed by atoms with Crippen LogP contribution in [0.5, 0.6) is 0 Å². The molecule has 6 atom stereocenters. The molecule has 67 heavy (non-hydrogen) atoms. The number of likely N-dealkylation sites (tertiary alicyclic amines) is 1. The quantitative estimate of drug-likeness (QED) is 0.0228. The van der Waals surface area contributed by atoms with Gasteiger partial charge in [-0.3, -0.25) is 49.7 Å². The number of alkyl halides is 1. The lowest BCUT2D eigenvalue weighted by atomic mass is 9.79. The molecule has 21 nitrogen and oxygen atoms in total. The number of benzene rings is 4. The van der Waals surface area contributed by atoms with Crippen molar-refractivity contribution in [1.82, 2.24) is 9.80 Å². The third-order valence-corrected chi connectivity index (χ3v) is 14.9. The van der Waals surface area contributed by atoms with Crippen molar-refractivity contribution in [3.8, 4) is 0 Å². The summed E-state index contributed by atoms with van der Waals surface area (Å²) in [6, 6.07) is 20.2. The zero-order valence-electron chi connectivity index (χ0n) is 35.3. The van der Waals surface area contributed by atoms with Crippen LogP contribution in [-0.2, 0) is 48.4 Å². The summed E-state index contributed by atoms with van der Waals surface area (Å²) >= 11 is 3.07. The number of anilines is 1. The third-order valence-electron chi connectivity index (χ3n) is 11.4. The Bertz CT molecular complexity index is 2680. The van der Waals surface area contributed by atoms with E-state index in [2.05, 4.69) is 5.32 Å². The standard InChI is InChI=1S/C44H39IN6O15S/c1-24-37(36(48-38(24)44(45,25(2)52)42(48)56)41(55)65-22-27-8-14-32(15-9-27)50(60)61)67-34-19-35(47(20-34)43(57)66-23-28-10-16-33(17-11-28)51(62)63)39(53)46-30-5-3-4-29(18-30)40(54)64-21-26-6-12-31(13-7-26)49(58)59/h3-18,24-25,34-35,38,52H,19-23H2,1-2H3,(H,46,53)/t24-,25+,34-,35-,38+,44-/m0/s1. The van der Waals surface area contributed by atoms with Crippen molar-refractivity contribution in [3.05, 3.63) is 160 Å². The van der Waals surface area contributed by atoms with Gasteiger partial charge < -0.3 is 24.6 Å². The van der Waals surface area contributed by atoms with E-state index in [0.29, 0.717) is 21.6 Å². The van der Waals surface area contributed by atoms with Gasteiger partial charge in [0.1, 0.15) is 35.0 Å². The molecule has 0 unspecified atom stereocenters. The molecule has 4 aromatic rings. The van der Waals surface area contributed by atoms with Crippen molar-refractivity contribution in [1.29, 1.82) is 0 Å². The highest BCUT2D eigenvalue weighted by Gasteiger charge is 2.69. The van der Waals surface area contributed by atoms with Crippen molar-refractivity contribution in [2.24, 2.45) is 5.92 Å². The summed E-state index contributed by atoms with van der Waals surface area (Å²) in [5.74, 6) is -3.34. The Hall–Kier alpha value is -6.99. The van der Waals surface area contributed by atoms with E-state index in [-0.39, 0.29) is 66.8 Å². The van der Waals surface area contributed by atoms with Crippen LogP contribution in [0.2, 0.25) is 0 Å². The lowest BCUT2D eigenvalue weighted by molar-refractivity contribution is -0.385. The van der Waals surface area contributed by atoms with Gasteiger partial charge in [-0.2, -0.15) is 0 Å². The molecule has 0 aromatic heterocycles. The van der Waals surface area contributed by atoms with Gasteiger partial charge in [0.2, 0.25) is 11.8 Å². The zero-order valence-corrected chi connectivity index (χ0v) is 38.3. The average Bonchev–Trinajstić information content (AvgIpc) is 3.86. The van der Waals surface area contributed by atoms with Crippen LogP contribution >= 0.6 is 34.4 Å². The third kappa shape index (κ3) is 10.1. The second-order valence-electron chi connectivity index (χ2n) is 15.8. The van der Waals surface area contributed by atoms with Gasteiger partial charge in [0.05, 0.1) is 32.5 Å². The van der Waals surface area contributed by atoms with Gasteiger partial charge in [-0.05, 0) is 84.6 Å². The van der Waals surface area contributed by atoms with Gasteiger partial charge in [0.25, 0.3) is 17.1 Å². The minimum atomic E-state index is -1.29. The van der Waals surface area contributed by atoms with Crippen molar-refractivity contribution in [2.75, 3.05) is 11.9 Å². The Balaban J connectivity index is 1.11. The predicted molar refractivity (Wildman–Crippen MR) is 245 cm³/mol. The SMILES string of the molecule is C[C@H]1C(S[C@H]2C[C@@H](C(=O)Nc3cccc(C(=O)OCc4ccc([N+](=O)[O-])cc4)c3)N(C(=O)OCc3ccc([N+](=O)[O-])cc3)C2)=C(C(=O)OCc2ccc([N+](=O)[O-])cc2)N2C(=O)[C@](I)([C@@H](C)O)[C@@H]12. The number of ether oxygens (including phenoxy) is 3. The number of halogens is 1. The van der Waals surface area contributed by atoms with Gasteiger partial charge in [0, 0.05) is 64.7 Å². The van der Waals surface area contributed by atoms with E-state index in [0.717, 1.165) is 11.8 Å². The number of nitro benzene ring substituents is 3. The minimum absolute atomic E-state index is 0.00579. The van der Waals surface area contributed by atoms with Gasteiger partial charge in [0.15, 0.2) is 0 Å². The number of hydrogen-bond donors (Lipinski definition) is 2. The number of aliphatic hydroxyl groups excluding tert-OH is 1. The number of hydrogen-bond acceptors (Lipinski definition) is 16. The Morgan fingerprint density at radius 1 is 0.806 bits per heavy atom. The fourth-order valence-electron chi connectivity index (χ4n) is 7.93. The molecule has 0 bridgehead atoms. The van der Waals surface area contributed by atoms with Crippen molar-refractivity contribution in [2.45, 2.75) is 66.9 Å². The fraction of sp³-hybridized carbons (Fsp3) is 0.295. The van der Waals surface area contributed by atoms with Gasteiger partial charge in [-0.25, -0.2) is 14.4 Å². The Labute approximate surface area is 398 Å². The molecule has 3 aliphatic heterocycles. The Kier molecular flexibility index (Phi) is 14.2. The van der Waals surface area contributed by atoms with Crippen LogP contribution in [0.4, 0.5) is 27.5 Å². The van der Waals surface area contributed by atoms with Crippen LogP contribution in [0.3, 0.4) is 0 Å². The molecule has 2 N–H and O–H groups in total. The van der Waals surface area contributed by atoms with Crippen LogP contribution < -0.4 is 5.32 Å².